The standard InChI is InChI=1S/C17H24N2O/c1-3-18-16-8-7-12(2)9-15(16)17(20)19-10-13-5-4-6-14(13)11-19/h7-9,13-14,18H,3-6,10-11H2,1-2H3. The molecule has 2 atom stereocenters. The van der Waals surface area contributed by atoms with E-state index in [1.165, 1.54) is 19.3 Å². The van der Waals surface area contributed by atoms with Crippen LogP contribution in [-0.4, -0.2) is 30.4 Å². The lowest BCUT2D eigenvalue weighted by Gasteiger charge is -2.20. The fourth-order valence-corrected chi connectivity index (χ4v) is 3.75. The van der Waals surface area contributed by atoms with Crippen molar-refractivity contribution in [1.82, 2.24) is 4.90 Å². The predicted octanol–water partition coefficient (Wildman–Crippen LogP) is 3.30. The van der Waals surface area contributed by atoms with Gasteiger partial charge in [-0.3, -0.25) is 4.79 Å². The highest BCUT2D eigenvalue weighted by Gasteiger charge is 2.38. The highest BCUT2D eigenvalue weighted by molar-refractivity contribution is 6.00. The van der Waals surface area contributed by atoms with E-state index < -0.39 is 0 Å². The van der Waals surface area contributed by atoms with Crippen LogP contribution in [0.15, 0.2) is 18.2 Å². The zero-order valence-electron chi connectivity index (χ0n) is 12.5. The molecule has 3 nitrogen and oxygen atoms in total. The van der Waals surface area contributed by atoms with Crippen LogP contribution < -0.4 is 5.32 Å². The van der Waals surface area contributed by atoms with Crippen molar-refractivity contribution in [2.75, 3.05) is 25.0 Å². The molecule has 1 saturated heterocycles. The van der Waals surface area contributed by atoms with Crippen LogP contribution >= 0.6 is 0 Å². The van der Waals surface area contributed by atoms with E-state index in [0.29, 0.717) is 0 Å². The number of hydrogen-bond acceptors (Lipinski definition) is 2. The maximum atomic E-state index is 12.8. The average molecular weight is 272 g/mol. The molecule has 1 N–H and O–H groups in total. The Balaban J connectivity index is 1.81. The summed E-state index contributed by atoms with van der Waals surface area (Å²) in [6.45, 7) is 6.88. The molecule has 2 unspecified atom stereocenters. The summed E-state index contributed by atoms with van der Waals surface area (Å²) in [6, 6.07) is 6.12. The van der Waals surface area contributed by atoms with Gasteiger partial charge >= 0.3 is 0 Å². The van der Waals surface area contributed by atoms with E-state index in [4.69, 9.17) is 0 Å². The van der Waals surface area contributed by atoms with Gasteiger partial charge in [0, 0.05) is 25.3 Å². The lowest BCUT2D eigenvalue weighted by Crippen LogP contribution is -2.30. The summed E-state index contributed by atoms with van der Waals surface area (Å²) in [6.07, 6.45) is 3.97. The van der Waals surface area contributed by atoms with Crippen molar-refractivity contribution in [1.29, 1.82) is 0 Å². The van der Waals surface area contributed by atoms with Gasteiger partial charge in [0.05, 0.1) is 5.56 Å². The Morgan fingerprint density at radius 3 is 2.65 bits per heavy atom. The van der Waals surface area contributed by atoms with Crippen LogP contribution in [0.25, 0.3) is 0 Å². The molecule has 1 aromatic rings. The maximum Gasteiger partial charge on any atom is 0.255 e. The summed E-state index contributed by atoms with van der Waals surface area (Å²) in [4.78, 5) is 14.9. The largest absolute Gasteiger partial charge is 0.385 e. The molecule has 3 heteroatoms. The number of likely N-dealkylation sites (tertiary alicyclic amines) is 1. The number of anilines is 1. The Kier molecular flexibility index (Phi) is 3.68. The first-order chi connectivity index (χ1) is 9.69. The smallest absolute Gasteiger partial charge is 0.255 e. The van der Waals surface area contributed by atoms with E-state index in [0.717, 1.165) is 48.3 Å². The van der Waals surface area contributed by atoms with Gasteiger partial charge < -0.3 is 10.2 Å². The lowest BCUT2D eigenvalue weighted by atomic mass is 10.0. The first-order valence-corrected chi connectivity index (χ1v) is 7.83. The van der Waals surface area contributed by atoms with Gasteiger partial charge in [0.15, 0.2) is 0 Å². The predicted molar refractivity (Wildman–Crippen MR) is 82.1 cm³/mol. The summed E-state index contributed by atoms with van der Waals surface area (Å²) in [5.41, 5.74) is 2.96. The van der Waals surface area contributed by atoms with E-state index in [1.54, 1.807) is 0 Å². The van der Waals surface area contributed by atoms with E-state index in [1.807, 2.05) is 19.1 Å². The van der Waals surface area contributed by atoms with Crippen molar-refractivity contribution in [3.63, 3.8) is 0 Å². The van der Waals surface area contributed by atoms with Crippen molar-refractivity contribution in [2.24, 2.45) is 11.8 Å². The van der Waals surface area contributed by atoms with Gasteiger partial charge in [0.1, 0.15) is 0 Å². The summed E-state index contributed by atoms with van der Waals surface area (Å²) >= 11 is 0. The molecule has 0 spiro atoms. The van der Waals surface area contributed by atoms with Crippen molar-refractivity contribution in [3.05, 3.63) is 29.3 Å². The summed E-state index contributed by atoms with van der Waals surface area (Å²) < 4.78 is 0. The van der Waals surface area contributed by atoms with Crippen LogP contribution in [0.5, 0.6) is 0 Å². The number of nitrogens with zero attached hydrogens (tertiary/aromatic N) is 1. The Labute approximate surface area is 121 Å². The molecule has 1 amide bonds. The third kappa shape index (κ3) is 2.41. The Morgan fingerprint density at radius 1 is 1.30 bits per heavy atom. The number of nitrogens with one attached hydrogen (secondary N) is 1. The van der Waals surface area contributed by atoms with Crippen LogP contribution in [0.1, 0.15) is 42.1 Å². The van der Waals surface area contributed by atoms with Crippen LogP contribution in [0.4, 0.5) is 5.69 Å². The number of rotatable bonds is 3. The molecule has 1 aliphatic carbocycles. The van der Waals surface area contributed by atoms with Crippen LogP contribution in [0.2, 0.25) is 0 Å². The van der Waals surface area contributed by atoms with Gasteiger partial charge in [0.25, 0.3) is 5.91 Å². The highest BCUT2D eigenvalue weighted by atomic mass is 16.2. The highest BCUT2D eigenvalue weighted by Crippen LogP contribution is 2.38. The summed E-state index contributed by atoms with van der Waals surface area (Å²) in [7, 11) is 0. The molecule has 1 heterocycles. The minimum Gasteiger partial charge on any atom is -0.385 e. The summed E-state index contributed by atoms with van der Waals surface area (Å²) in [5.74, 6) is 1.72. The molecule has 1 aromatic carbocycles. The number of benzene rings is 1. The minimum atomic E-state index is 0.207. The molecule has 0 radical (unpaired) electrons. The number of carbonyl (C=O) groups excluding carboxylic acids is 1. The number of fused-ring (bicyclic) bond motifs is 1. The fraction of sp³-hybridized carbons (Fsp3) is 0.588. The second kappa shape index (κ2) is 5.47. The molecule has 1 saturated carbocycles. The Bertz CT molecular complexity index is 500. The van der Waals surface area contributed by atoms with Crippen LogP contribution in [-0.2, 0) is 0 Å². The molecular formula is C17H24N2O. The monoisotopic (exact) mass is 272 g/mol. The van der Waals surface area contributed by atoms with Crippen molar-refractivity contribution in [3.8, 4) is 0 Å². The average Bonchev–Trinajstić information content (AvgIpc) is 3.01. The second-order valence-corrected chi connectivity index (χ2v) is 6.24. The zero-order valence-corrected chi connectivity index (χ0v) is 12.5. The van der Waals surface area contributed by atoms with E-state index in [2.05, 4.69) is 23.2 Å². The zero-order chi connectivity index (χ0) is 14.1. The summed E-state index contributed by atoms with van der Waals surface area (Å²) in [5, 5.41) is 3.31. The Hall–Kier alpha value is -1.51. The lowest BCUT2D eigenvalue weighted by molar-refractivity contribution is 0.0781. The third-order valence-corrected chi connectivity index (χ3v) is 4.79. The molecule has 1 aliphatic heterocycles. The van der Waals surface area contributed by atoms with Gasteiger partial charge in [-0.25, -0.2) is 0 Å². The minimum absolute atomic E-state index is 0.207. The molecule has 0 bridgehead atoms. The van der Waals surface area contributed by atoms with Gasteiger partial charge in [-0.1, -0.05) is 18.1 Å². The molecule has 2 aliphatic rings. The van der Waals surface area contributed by atoms with E-state index in [9.17, 15) is 4.79 Å². The van der Waals surface area contributed by atoms with E-state index >= 15 is 0 Å². The van der Waals surface area contributed by atoms with Crippen molar-refractivity contribution >= 4 is 11.6 Å². The second-order valence-electron chi connectivity index (χ2n) is 6.24. The maximum absolute atomic E-state index is 12.8. The molecule has 3 rings (SSSR count). The van der Waals surface area contributed by atoms with Crippen LogP contribution in [0.3, 0.4) is 0 Å². The first kappa shape index (κ1) is 13.5. The van der Waals surface area contributed by atoms with Gasteiger partial charge in [0.2, 0.25) is 0 Å². The van der Waals surface area contributed by atoms with Gasteiger partial charge in [-0.05, 0) is 50.7 Å². The molecule has 20 heavy (non-hydrogen) atoms. The number of amides is 1. The normalized spacial score (nSPS) is 24.8. The van der Waals surface area contributed by atoms with Crippen molar-refractivity contribution < 1.29 is 4.79 Å². The molecule has 0 aromatic heterocycles. The SMILES string of the molecule is CCNc1ccc(C)cc1C(=O)N1CC2CCCC2C1. The Morgan fingerprint density at radius 2 is 2.00 bits per heavy atom. The third-order valence-electron chi connectivity index (χ3n) is 4.79. The number of aryl methyl sites for hydroxylation is 1. The van der Waals surface area contributed by atoms with Gasteiger partial charge in [-0.15, -0.1) is 0 Å². The number of hydrogen-bond donors (Lipinski definition) is 1. The fourth-order valence-electron chi connectivity index (χ4n) is 3.75. The van der Waals surface area contributed by atoms with Crippen molar-refractivity contribution in [2.45, 2.75) is 33.1 Å². The molecule has 108 valence electrons. The van der Waals surface area contributed by atoms with E-state index in [-0.39, 0.29) is 5.91 Å². The molecule has 2 fully saturated rings. The number of carbonyl (C=O) groups is 1. The molecular weight excluding hydrogens is 248 g/mol. The first-order valence-electron chi connectivity index (χ1n) is 7.83. The van der Waals surface area contributed by atoms with Gasteiger partial charge in [-0.2, -0.15) is 0 Å². The quantitative estimate of drug-likeness (QED) is 0.915. The topological polar surface area (TPSA) is 32.3 Å². The van der Waals surface area contributed by atoms with Crippen LogP contribution in [0, 0.1) is 18.8 Å².